The Kier molecular flexibility index (Phi) is 5.79. The van der Waals surface area contributed by atoms with E-state index in [1.54, 1.807) is 6.07 Å². The van der Waals surface area contributed by atoms with Gasteiger partial charge in [0.1, 0.15) is 5.82 Å². The van der Waals surface area contributed by atoms with E-state index in [4.69, 9.17) is 0 Å². The molecule has 0 unspecified atom stereocenters. The zero-order valence-corrected chi connectivity index (χ0v) is 14.5. The van der Waals surface area contributed by atoms with Crippen LogP contribution in [0, 0.1) is 5.82 Å². The summed E-state index contributed by atoms with van der Waals surface area (Å²) < 4.78 is 13.2. The van der Waals surface area contributed by atoms with Gasteiger partial charge in [0, 0.05) is 44.0 Å². The lowest BCUT2D eigenvalue weighted by atomic mass is 10.1. The molecule has 132 valence electrons. The summed E-state index contributed by atoms with van der Waals surface area (Å²) in [7, 11) is 2.16. The van der Waals surface area contributed by atoms with Gasteiger partial charge in [-0.1, -0.05) is 18.2 Å². The van der Waals surface area contributed by atoms with E-state index in [9.17, 15) is 9.18 Å². The summed E-state index contributed by atoms with van der Waals surface area (Å²) in [6.07, 6.45) is 1.00. The number of benzene rings is 2. The third-order valence-corrected chi connectivity index (χ3v) is 4.61. The van der Waals surface area contributed by atoms with Crippen LogP contribution in [0.25, 0.3) is 0 Å². The monoisotopic (exact) mass is 341 g/mol. The first-order valence-electron chi connectivity index (χ1n) is 8.67. The average Bonchev–Trinajstić information content (AvgIpc) is 2.62. The fourth-order valence-electron chi connectivity index (χ4n) is 2.95. The number of hydrogen-bond acceptors (Lipinski definition) is 3. The Balaban J connectivity index is 1.51. The van der Waals surface area contributed by atoms with Crippen LogP contribution < -0.4 is 5.32 Å². The van der Waals surface area contributed by atoms with Gasteiger partial charge in [-0.3, -0.25) is 4.79 Å². The smallest absolute Gasteiger partial charge is 0.255 e. The molecule has 1 saturated heterocycles. The van der Waals surface area contributed by atoms with Crippen LogP contribution in [-0.2, 0) is 6.42 Å². The zero-order valence-electron chi connectivity index (χ0n) is 14.5. The Bertz CT molecular complexity index is 709. The molecule has 0 radical (unpaired) electrons. The maximum absolute atomic E-state index is 13.2. The van der Waals surface area contributed by atoms with Crippen LogP contribution in [0.1, 0.15) is 15.9 Å². The molecule has 0 atom stereocenters. The summed E-state index contributed by atoms with van der Waals surface area (Å²) in [6.45, 7) is 5.56. The fourth-order valence-corrected chi connectivity index (χ4v) is 2.95. The third kappa shape index (κ3) is 5.11. The summed E-state index contributed by atoms with van der Waals surface area (Å²) in [5, 5.41) is 2.80. The first-order chi connectivity index (χ1) is 12.1. The highest BCUT2D eigenvalue weighted by atomic mass is 19.1. The zero-order chi connectivity index (χ0) is 17.6. The quantitative estimate of drug-likeness (QED) is 0.908. The second-order valence-corrected chi connectivity index (χ2v) is 6.56. The molecular formula is C20H24FN3O. The topological polar surface area (TPSA) is 35.6 Å². The number of likely N-dealkylation sites (N-methyl/N-ethyl adjacent to an activating group) is 1. The fraction of sp³-hybridized carbons (Fsp3) is 0.350. The van der Waals surface area contributed by atoms with Crippen molar-refractivity contribution in [2.75, 3.05) is 45.1 Å². The first kappa shape index (κ1) is 17.6. The average molecular weight is 341 g/mol. The molecular weight excluding hydrogens is 317 g/mol. The molecule has 2 aromatic carbocycles. The van der Waals surface area contributed by atoms with Gasteiger partial charge in [-0.25, -0.2) is 4.39 Å². The Morgan fingerprint density at radius 1 is 1.08 bits per heavy atom. The minimum atomic E-state index is -0.410. The number of amides is 1. The maximum Gasteiger partial charge on any atom is 0.255 e. The molecule has 1 fully saturated rings. The number of hydrogen-bond donors (Lipinski definition) is 1. The molecule has 1 N–H and O–H groups in total. The molecule has 2 aromatic rings. The molecule has 1 heterocycles. The van der Waals surface area contributed by atoms with Crippen molar-refractivity contribution >= 4 is 11.6 Å². The van der Waals surface area contributed by atoms with E-state index in [0.717, 1.165) is 44.8 Å². The number of nitrogens with zero attached hydrogens (tertiary/aromatic N) is 2. The van der Waals surface area contributed by atoms with E-state index >= 15 is 0 Å². The standard InChI is InChI=1S/C20H24FN3O/c1-23-11-13-24(14-12-23)10-9-16-5-7-19(8-6-16)22-20(25)17-3-2-4-18(21)15-17/h2-8,15H,9-14H2,1H3,(H,22,25). The van der Waals surface area contributed by atoms with E-state index in [0.29, 0.717) is 5.56 Å². The number of anilines is 1. The summed E-state index contributed by atoms with van der Waals surface area (Å²) in [5.74, 6) is -0.711. The Morgan fingerprint density at radius 3 is 2.48 bits per heavy atom. The number of piperazine rings is 1. The van der Waals surface area contributed by atoms with E-state index in [-0.39, 0.29) is 5.91 Å². The summed E-state index contributed by atoms with van der Waals surface area (Å²) in [6, 6.07) is 13.6. The molecule has 0 saturated carbocycles. The van der Waals surface area contributed by atoms with Gasteiger partial charge in [-0.05, 0) is 49.4 Å². The number of rotatable bonds is 5. The number of nitrogens with one attached hydrogen (secondary N) is 1. The summed E-state index contributed by atoms with van der Waals surface area (Å²) in [4.78, 5) is 17.0. The molecule has 4 nitrogen and oxygen atoms in total. The van der Waals surface area contributed by atoms with Crippen molar-refractivity contribution in [1.29, 1.82) is 0 Å². The SMILES string of the molecule is CN1CCN(CCc2ccc(NC(=O)c3cccc(F)c3)cc2)CC1. The predicted octanol–water partition coefficient (Wildman–Crippen LogP) is 2.87. The third-order valence-electron chi connectivity index (χ3n) is 4.61. The highest BCUT2D eigenvalue weighted by Crippen LogP contribution is 2.13. The van der Waals surface area contributed by atoms with Crippen LogP contribution in [0.2, 0.25) is 0 Å². The van der Waals surface area contributed by atoms with Gasteiger partial charge in [0.05, 0.1) is 0 Å². The highest BCUT2D eigenvalue weighted by molar-refractivity contribution is 6.04. The number of halogens is 1. The van der Waals surface area contributed by atoms with E-state index in [1.165, 1.54) is 23.8 Å². The lowest BCUT2D eigenvalue weighted by Gasteiger charge is -2.32. The van der Waals surface area contributed by atoms with Crippen molar-refractivity contribution in [3.63, 3.8) is 0 Å². The van der Waals surface area contributed by atoms with Gasteiger partial charge in [-0.2, -0.15) is 0 Å². The van der Waals surface area contributed by atoms with E-state index in [1.807, 2.05) is 24.3 Å². The van der Waals surface area contributed by atoms with Gasteiger partial charge in [-0.15, -0.1) is 0 Å². The Morgan fingerprint density at radius 2 is 1.80 bits per heavy atom. The second kappa shape index (κ2) is 8.23. The van der Waals surface area contributed by atoms with Crippen LogP contribution in [-0.4, -0.2) is 55.5 Å². The molecule has 0 aliphatic carbocycles. The highest BCUT2D eigenvalue weighted by Gasteiger charge is 2.13. The van der Waals surface area contributed by atoms with Crippen LogP contribution in [0.5, 0.6) is 0 Å². The molecule has 1 aliphatic heterocycles. The predicted molar refractivity (Wildman–Crippen MR) is 98.4 cm³/mol. The molecule has 0 bridgehead atoms. The van der Waals surface area contributed by atoms with Crippen LogP contribution >= 0.6 is 0 Å². The molecule has 1 amide bonds. The van der Waals surface area contributed by atoms with Crippen molar-refractivity contribution in [2.45, 2.75) is 6.42 Å². The molecule has 0 spiro atoms. The van der Waals surface area contributed by atoms with Gasteiger partial charge >= 0.3 is 0 Å². The van der Waals surface area contributed by atoms with Crippen molar-refractivity contribution < 1.29 is 9.18 Å². The number of carbonyl (C=O) groups excluding carboxylic acids is 1. The largest absolute Gasteiger partial charge is 0.322 e. The van der Waals surface area contributed by atoms with Gasteiger partial charge in [0.2, 0.25) is 0 Å². The lowest BCUT2D eigenvalue weighted by molar-refractivity contribution is 0.102. The van der Waals surface area contributed by atoms with Crippen molar-refractivity contribution in [3.8, 4) is 0 Å². The van der Waals surface area contributed by atoms with E-state index in [2.05, 4.69) is 22.2 Å². The van der Waals surface area contributed by atoms with Gasteiger partial charge < -0.3 is 15.1 Å². The van der Waals surface area contributed by atoms with Crippen LogP contribution in [0.4, 0.5) is 10.1 Å². The minimum Gasteiger partial charge on any atom is -0.322 e. The summed E-state index contributed by atoms with van der Waals surface area (Å²) in [5.41, 5.74) is 2.29. The molecule has 1 aliphatic rings. The van der Waals surface area contributed by atoms with E-state index < -0.39 is 5.82 Å². The Labute approximate surface area is 148 Å². The maximum atomic E-state index is 13.2. The van der Waals surface area contributed by atoms with Crippen molar-refractivity contribution in [1.82, 2.24) is 9.80 Å². The van der Waals surface area contributed by atoms with Crippen LogP contribution in [0.3, 0.4) is 0 Å². The lowest BCUT2D eigenvalue weighted by Crippen LogP contribution is -2.45. The van der Waals surface area contributed by atoms with Crippen molar-refractivity contribution in [3.05, 3.63) is 65.5 Å². The molecule has 25 heavy (non-hydrogen) atoms. The normalized spacial score (nSPS) is 15.9. The number of carbonyl (C=O) groups is 1. The van der Waals surface area contributed by atoms with Gasteiger partial charge in [0.25, 0.3) is 5.91 Å². The van der Waals surface area contributed by atoms with Crippen LogP contribution in [0.15, 0.2) is 48.5 Å². The molecule has 0 aromatic heterocycles. The molecule has 5 heteroatoms. The summed E-state index contributed by atoms with van der Waals surface area (Å²) >= 11 is 0. The molecule has 3 rings (SSSR count). The minimum absolute atomic E-state index is 0.301. The first-order valence-corrected chi connectivity index (χ1v) is 8.67. The second-order valence-electron chi connectivity index (χ2n) is 6.56. The Hall–Kier alpha value is -2.24. The van der Waals surface area contributed by atoms with Gasteiger partial charge in [0.15, 0.2) is 0 Å². The van der Waals surface area contributed by atoms with Crippen molar-refractivity contribution in [2.24, 2.45) is 0 Å².